The van der Waals surface area contributed by atoms with Crippen LogP contribution in [0.25, 0.3) is 22.0 Å². The Kier molecular flexibility index (Phi) is 8.24. The van der Waals surface area contributed by atoms with Gasteiger partial charge in [0.25, 0.3) is 12.0 Å². The molecule has 0 spiro atoms. The Labute approximate surface area is 226 Å². The lowest BCUT2D eigenvalue weighted by Crippen LogP contribution is -2.28. The fourth-order valence-electron chi connectivity index (χ4n) is 4.11. The average molecular weight is 548 g/mol. The second kappa shape index (κ2) is 11.8. The number of carboxylic acids is 1. The molecule has 7 nitrogen and oxygen atoms in total. The van der Waals surface area contributed by atoms with Gasteiger partial charge in [-0.3, -0.25) is 9.36 Å². The second-order valence-corrected chi connectivity index (χ2v) is 8.65. The van der Waals surface area contributed by atoms with Crippen LogP contribution in [-0.2, 0) is 6.54 Å². The Morgan fingerprint density at radius 2 is 1.95 bits per heavy atom. The molecule has 0 saturated carbocycles. The summed E-state index contributed by atoms with van der Waals surface area (Å²) in [5, 5.41) is 19.4. The zero-order chi connectivity index (χ0) is 28.1. The number of rotatable bonds is 7. The van der Waals surface area contributed by atoms with Gasteiger partial charge in [0.15, 0.2) is 5.82 Å². The van der Waals surface area contributed by atoms with Crippen LogP contribution < -0.4 is 10.3 Å². The van der Waals surface area contributed by atoms with Crippen molar-refractivity contribution in [3.05, 3.63) is 92.5 Å². The van der Waals surface area contributed by atoms with Gasteiger partial charge in [-0.1, -0.05) is 48.6 Å². The van der Waals surface area contributed by atoms with Crippen molar-refractivity contribution in [2.45, 2.75) is 26.3 Å². The van der Waals surface area contributed by atoms with Gasteiger partial charge in [-0.25, -0.2) is 18.6 Å². The maximum atomic E-state index is 13.8. The number of halogens is 3. The lowest BCUT2D eigenvalue weighted by Gasteiger charge is -2.17. The lowest BCUT2D eigenvalue weighted by molar-refractivity contribution is 0.0696. The number of carboxylic acid groups (broad SMARTS) is 1. The molecule has 10 heteroatoms. The van der Waals surface area contributed by atoms with E-state index in [-0.39, 0.29) is 46.5 Å². The summed E-state index contributed by atoms with van der Waals surface area (Å²) in [7, 11) is 0. The van der Waals surface area contributed by atoms with Crippen LogP contribution in [0.15, 0.2) is 59.4 Å². The van der Waals surface area contributed by atoms with Crippen LogP contribution in [0.5, 0.6) is 5.75 Å². The molecule has 0 saturated heterocycles. The maximum absolute atomic E-state index is 13.8. The Bertz CT molecular complexity index is 1750. The molecule has 0 atom stereocenters. The molecule has 196 valence electrons. The van der Waals surface area contributed by atoms with E-state index in [1.54, 1.807) is 30.3 Å². The quantitative estimate of drug-likeness (QED) is 0.282. The van der Waals surface area contributed by atoms with E-state index in [9.17, 15) is 28.7 Å². The monoisotopic (exact) mass is 547 g/mol. The summed E-state index contributed by atoms with van der Waals surface area (Å²) < 4.78 is 34.4. The van der Waals surface area contributed by atoms with Crippen molar-refractivity contribution in [1.82, 2.24) is 9.55 Å². The number of hydrogen-bond acceptors (Lipinski definition) is 5. The molecule has 4 rings (SSSR count). The highest BCUT2D eigenvalue weighted by Crippen LogP contribution is 2.36. The zero-order valence-corrected chi connectivity index (χ0v) is 21.3. The Morgan fingerprint density at radius 3 is 2.64 bits per heavy atom. The normalized spacial score (nSPS) is 10.7. The number of alkyl halides is 2. The number of nitriles is 1. The summed E-state index contributed by atoms with van der Waals surface area (Å²) in [5.74, 6) is 4.18. The first-order valence-corrected chi connectivity index (χ1v) is 12.1. The number of aromatic nitrogens is 2. The first kappa shape index (κ1) is 27.3. The zero-order valence-electron chi connectivity index (χ0n) is 20.5. The number of hydrogen-bond donors (Lipinski definition) is 1. The van der Waals surface area contributed by atoms with Crippen molar-refractivity contribution >= 4 is 28.5 Å². The number of carbonyl (C=O) groups is 1. The van der Waals surface area contributed by atoms with Crippen LogP contribution in [0.3, 0.4) is 0 Å². The molecule has 0 aliphatic heterocycles. The Hall–Kier alpha value is -4.73. The molecule has 39 heavy (non-hydrogen) atoms. The van der Waals surface area contributed by atoms with Crippen molar-refractivity contribution in [2.75, 3.05) is 6.61 Å². The van der Waals surface area contributed by atoms with E-state index in [0.717, 1.165) is 4.57 Å². The van der Waals surface area contributed by atoms with E-state index in [1.807, 2.05) is 13.0 Å². The fraction of sp³-hybridized carbons (Fsp3) is 0.172. The first-order valence-electron chi connectivity index (χ1n) is 11.8. The molecule has 0 bridgehead atoms. The third kappa shape index (κ3) is 5.59. The minimum absolute atomic E-state index is 0.00281. The molecule has 0 radical (unpaired) electrons. The van der Waals surface area contributed by atoms with E-state index < -0.39 is 23.8 Å². The summed E-state index contributed by atoms with van der Waals surface area (Å²) in [5.41, 5.74) is 0.435. The van der Waals surface area contributed by atoms with E-state index in [1.165, 1.54) is 24.3 Å². The predicted molar refractivity (Wildman–Crippen MR) is 142 cm³/mol. The number of aromatic carboxylic acids is 1. The molecule has 3 aromatic carbocycles. The van der Waals surface area contributed by atoms with Crippen LogP contribution >= 0.6 is 11.6 Å². The summed E-state index contributed by atoms with van der Waals surface area (Å²) in [6.45, 7) is 1.33. The SMILES string of the molecule is CCC#Cc1c(C(=O)O)cccc1-c1cc(Cl)ccc1OCCn1c(C(F)F)nc2cccc(C#N)c2c1=O. The average Bonchev–Trinajstić information content (AvgIpc) is 2.92. The molecule has 0 aliphatic rings. The molecular weight excluding hydrogens is 528 g/mol. The summed E-state index contributed by atoms with van der Waals surface area (Å²) in [4.78, 5) is 28.9. The summed E-state index contributed by atoms with van der Waals surface area (Å²) in [6.07, 6.45) is -2.54. The minimum Gasteiger partial charge on any atom is -0.491 e. The highest BCUT2D eigenvalue weighted by Gasteiger charge is 2.21. The molecule has 0 amide bonds. The van der Waals surface area contributed by atoms with E-state index in [4.69, 9.17) is 16.3 Å². The van der Waals surface area contributed by atoms with Gasteiger partial charge in [0.05, 0.1) is 28.6 Å². The maximum Gasteiger partial charge on any atom is 0.336 e. The van der Waals surface area contributed by atoms with Gasteiger partial charge in [0, 0.05) is 28.1 Å². The van der Waals surface area contributed by atoms with Crippen LogP contribution in [-0.4, -0.2) is 27.2 Å². The van der Waals surface area contributed by atoms with Gasteiger partial charge in [0.2, 0.25) is 0 Å². The van der Waals surface area contributed by atoms with E-state index >= 15 is 0 Å². The van der Waals surface area contributed by atoms with E-state index in [0.29, 0.717) is 22.6 Å². The molecule has 0 aliphatic carbocycles. The third-order valence-electron chi connectivity index (χ3n) is 5.82. The van der Waals surface area contributed by atoms with Crippen molar-refractivity contribution in [2.24, 2.45) is 0 Å². The van der Waals surface area contributed by atoms with Crippen molar-refractivity contribution in [3.63, 3.8) is 0 Å². The molecule has 0 unspecified atom stereocenters. The first-order chi connectivity index (χ1) is 18.8. The highest BCUT2D eigenvalue weighted by atomic mass is 35.5. The van der Waals surface area contributed by atoms with Crippen molar-refractivity contribution < 1.29 is 23.4 Å². The van der Waals surface area contributed by atoms with Gasteiger partial charge in [0.1, 0.15) is 18.4 Å². The smallest absolute Gasteiger partial charge is 0.336 e. The lowest BCUT2D eigenvalue weighted by atomic mass is 9.95. The highest BCUT2D eigenvalue weighted by molar-refractivity contribution is 6.31. The van der Waals surface area contributed by atoms with E-state index in [2.05, 4.69) is 16.8 Å². The van der Waals surface area contributed by atoms with Crippen LogP contribution in [0.1, 0.15) is 47.1 Å². The molecule has 4 aromatic rings. The number of nitrogens with zero attached hydrogens (tertiary/aromatic N) is 3. The molecular formula is C29H20ClF2N3O4. The van der Waals surface area contributed by atoms with Crippen molar-refractivity contribution in [1.29, 1.82) is 5.26 Å². The molecule has 1 aromatic heterocycles. The fourth-order valence-corrected chi connectivity index (χ4v) is 4.28. The van der Waals surface area contributed by atoms with Gasteiger partial charge < -0.3 is 9.84 Å². The molecule has 1 N–H and O–H groups in total. The Morgan fingerprint density at radius 1 is 1.18 bits per heavy atom. The summed E-state index contributed by atoms with van der Waals surface area (Å²) in [6, 6.07) is 15.6. The largest absolute Gasteiger partial charge is 0.491 e. The Balaban J connectivity index is 1.75. The minimum atomic E-state index is -3.04. The predicted octanol–water partition coefficient (Wildman–Crippen LogP) is 6.06. The standard InChI is InChI=1S/C29H20ClF2N3O4/c1-2-3-7-19-20(8-5-9-21(19)29(37)38)22-15-18(30)11-12-24(22)39-14-13-35-27(26(31)32)34-23-10-4-6-17(16-33)25(23)28(35)36/h4-6,8-12,15,26H,2,13-14H2,1H3,(H,37,38). The van der Waals surface area contributed by atoms with Crippen LogP contribution in [0.2, 0.25) is 5.02 Å². The van der Waals surface area contributed by atoms with Gasteiger partial charge in [-0.2, -0.15) is 5.26 Å². The van der Waals surface area contributed by atoms with Crippen LogP contribution in [0.4, 0.5) is 8.78 Å². The number of fused-ring (bicyclic) bond motifs is 1. The van der Waals surface area contributed by atoms with Gasteiger partial charge in [-0.05, 0) is 36.4 Å². The molecule has 1 heterocycles. The molecule has 0 fully saturated rings. The third-order valence-corrected chi connectivity index (χ3v) is 6.05. The number of benzene rings is 3. The summed E-state index contributed by atoms with van der Waals surface area (Å²) >= 11 is 6.24. The van der Waals surface area contributed by atoms with Crippen molar-refractivity contribution in [3.8, 4) is 34.8 Å². The van der Waals surface area contributed by atoms with Crippen LogP contribution in [0, 0.1) is 23.2 Å². The van der Waals surface area contributed by atoms with Gasteiger partial charge in [-0.15, -0.1) is 0 Å². The van der Waals surface area contributed by atoms with Gasteiger partial charge >= 0.3 is 5.97 Å². The second-order valence-electron chi connectivity index (χ2n) is 8.22. The topological polar surface area (TPSA) is 105 Å². The number of ether oxygens (including phenoxy) is 1.